The number of hydrogen-bond acceptors (Lipinski definition) is 2. The van der Waals surface area contributed by atoms with Crippen molar-refractivity contribution in [1.82, 2.24) is 5.32 Å². The van der Waals surface area contributed by atoms with Crippen molar-refractivity contribution in [3.05, 3.63) is 0 Å². The van der Waals surface area contributed by atoms with Crippen LogP contribution in [0.4, 0.5) is 0 Å². The standard InChI is InChI=1S/C13H25NO2/c1-3-5-7-11(4-2)10-14-13(15)12-8-6-9-16-12/h11-12H,3-10H2,1-2H3,(H,14,15)/t11-,12+/m1/s1. The Hall–Kier alpha value is -0.570. The molecule has 0 radical (unpaired) electrons. The first kappa shape index (κ1) is 13.5. The van der Waals surface area contributed by atoms with E-state index in [1.807, 2.05) is 0 Å². The van der Waals surface area contributed by atoms with Gasteiger partial charge in [0, 0.05) is 13.2 Å². The molecule has 1 fully saturated rings. The van der Waals surface area contributed by atoms with Crippen LogP contribution in [0, 0.1) is 5.92 Å². The highest BCUT2D eigenvalue weighted by molar-refractivity contribution is 5.80. The average Bonchev–Trinajstić information content (AvgIpc) is 2.82. The molecule has 1 aliphatic rings. The summed E-state index contributed by atoms with van der Waals surface area (Å²) in [5.41, 5.74) is 0. The molecule has 0 aromatic rings. The first-order valence-electron chi connectivity index (χ1n) is 6.67. The van der Waals surface area contributed by atoms with Gasteiger partial charge in [-0.05, 0) is 25.2 Å². The van der Waals surface area contributed by atoms with Gasteiger partial charge in [0.25, 0.3) is 0 Å². The Labute approximate surface area is 98.9 Å². The molecule has 3 nitrogen and oxygen atoms in total. The summed E-state index contributed by atoms with van der Waals surface area (Å²) in [5, 5.41) is 3.02. The maximum Gasteiger partial charge on any atom is 0.249 e. The summed E-state index contributed by atoms with van der Waals surface area (Å²) in [6.45, 7) is 5.95. The number of ether oxygens (including phenoxy) is 1. The van der Waals surface area contributed by atoms with Gasteiger partial charge in [-0.1, -0.05) is 33.1 Å². The lowest BCUT2D eigenvalue weighted by molar-refractivity contribution is -0.130. The van der Waals surface area contributed by atoms with Crippen LogP contribution < -0.4 is 5.32 Å². The van der Waals surface area contributed by atoms with Crippen LogP contribution in [-0.4, -0.2) is 25.2 Å². The quantitative estimate of drug-likeness (QED) is 0.725. The fourth-order valence-electron chi connectivity index (χ4n) is 2.09. The molecule has 0 saturated carbocycles. The van der Waals surface area contributed by atoms with Gasteiger partial charge in [-0.25, -0.2) is 0 Å². The predicted octanol–water partition coefficient (Wildman–Crippen LogP) is 2.50. The molecule has 0 bridgehead atoms. The Morgan fingerprint density at radius 2 is 2.31 bits per heavy atom. The normalized spacial score (nSPS) is 22.0. The van der Waals surface area contributed by atoms with Gasteiger partial charge in [-0.15, -0.1) is 0 Å². The highest BCUT2D eigenvalue weighted by atomic mass is 16.5. The van der Waals surface area contributed by atoms with Crippen molar-refractivity contribution < 1.29 is 9.53 Å². The number of hydrogen-bond donors (Lipinski definition) is 1. The van der Waals surface area contributed by atoms with Crippen LogP contribution >= 0.6 is 0 Å². The summed E-state index contributed by atoms with van der Waals surface area (Å²) in [6, 6.07) is 0. The van der Waals surface area contributed by atoms with Crippen molar-refractivity contribution in [2.24, 2.45) is 5.92 Å². The van der Waals surface area contributed by atoms with E-state index >= 15 is 0 Å². The summed E-state index contributed by atoms with van der Waals surface area (Å²) in [4.78, 5) is 11.7. The zero-order valence-electron chi connectivity index (χ0n) is 10.6. The van der Waals surface area contributed by atoms with Gasteiger partial charge in [-0.3, -0.25) is 4.79 Å². The smallest absolute Gasteiger partial charge is 0.249 e. The van der Waals surface area contributed by atoms with Crippen molar-refractivity contribution in [3.8, 4) is 0 Å². The van der Waals surface area contributed by atoms with Crippen LogP contribution in [-0.2, 0) is 9.53 Å². The highest BCUT2D eigenvalue weighted by Crippen LogP contribution is 2.14. The van der Waals surface area contributed by atoms with Crippen molar-refractivity contribution in [3.63, 3.8) is 0 Å². The van der Waals surface area contributed by atoms with E-state index in [2.05, 4.69) is 19.2 Å². The van der Waals surface area contributed by atoms with E-state index in [-0.39, 0.29) is 12.0 Å². The second kappa shape index (κ2) is 7.66. The van der Waals surface area contributed by atoms with E-state index in [1.54, 1.807) is 0 Å². The summed E-state index contributed by atoms with van der Waals surface area (Å²) < 4.78 is 5.35. The van der Waals surface area contributed by atoms with E-state index in [0.717, 1.165) is 32.4 Å². The number of nitrogens with one attached hydrogen (secondary N) is 1. The average molecular weight is 227 g/mol. The largest absolute Gasteiger partial charge is 0.368 e. The van der Waals surface area contributed by atoms with Crippen LogP contribution in [0.15, 0.2) is 0 Å². The van der Waals surface area contributed by atoms with Gasteiger partial charge < -0.3 is 10.1 Å². The summed E-state index contributed by atoms with van der Waals surface area (Å²) in [6.07, 6.45) is 6.58. The molecule has 1 heterocycles. The van der Waals surface area contributed by atoms with Crippen molar-refractivity contribution in [2.45, 2.75) is 58.5 Å². The molecule has 1 rings (SSSR count). The van der Waals surface area contributed by atoms with Gasteiger partial charge in [0.05, 0.1) is 0 Å². The van der Waals surface area contributed by atoms with Gasteiger partial charge in [0.15, 0.2) is 0 Å². The van der Waals surface area contributed by atoms with Crippen LogP contribution in [0.1, 0.15) is 52.4 Å². The Kier molecular flexibility index (Phi) is 6.46. The van der Waals surface area contributed by atoms with Crippen LogP contribution in [0.25, 0.3) is 0 Å². The molecule has 1 saturated heterocycles. The molecule has 0 unspecified atom stereocenters. The first-order valence-corrected chi connectivity index (χ1v) is 6.67. The molecule has 1 aliphatic heterocycles. The lowest BCUT2D eigenvalue weighted by Crippen LogP contribution is -2.37. The summed E-state index contributed by atoms with van der Waals surface area (Å²) in [7, 11) is 0. The number of unbranched alkanes of at least 4 members (excludes halogenated alkanes) is 1. The minimum absolute atomic E-state index is 0.0902. The van der Waals surface area contributed by atoms with Crippen LogP contribution in [0.3, 0.4) is 0 Å². The number of carbonyl (C=O) groups excluding carboxylic acids is 1. The molecule has 0 aromatic carbocycles. The number of carbonyl (C=O) groups is 1. The first-order chi connectivity index (χ1) is 7.77. The highest BCUT2D eigenvalue weighted by Gasteiger charge is 2.23. The fourth-order valence-corrected chi connectivity index (χ4v) is 2.09. The molecule has 1 amide bonds. The lowest BCUT2D eigenvalue weighted by atomic mass is 9.99. The fraction of sp³-hybridized carbons (Fsp3) is 0.923. The topological polar surface area (TPSA) is 38.3 Å². The van der Waals surface area contributed by atoms with Gasteiger partial charge >= 0.3 is 0 Å². The van der Waals surface area contributed by atoms with Crippen LogP contribution in [0.5, 0.6) is 0 Å². The van der Waals surface area contributed by atoms with Crippen molar-refractivity contribution in [2.75, 3.05) is 13.2 Å². The molecule has 2 atom stereocenters. The Balaban J connectivity index is 2.17. The lowest BCUT2D eigenvalue weighted by Gasteiger charge is -2.17. The molecular formula is C13H25NO2. The predicted molar refractivity (Wildman–Crippen MR) is 65.3 cm³/mol. The van der Waals surface area contributed by atoms with Gasteiger partial charge in [-0.2, -0.15) is 0 Å². The monoisotopic (exact) mass is 227 g/mol. The van der Waals surface area contributed by atoms with Gasteiger partial charge in [0.1, 0.15) is 6.10 Å². The SMILES string of the molecule is CCCC[C@@H](CC)CNC(=O)[C@@H]1CCCO1. The third-order valence-electron chi connectivity index (χ3n) is 3.33. The molecule has 0 spiro atoms. The Bertz CT molecular complexity index is 200. The maximum atomic E-state index is 11.7. The minimum atomic E-state index is -0.177. The molecule has 1 N–H and O–H groups in total. The number of rotatable bonds is 7. The molecular weight excluding hydrogens is 202 g/mol. The second-order valence-electron chi connectivity index (χ2n) is 4.66. The zero-order chi connectivity index (χ0) is 11.8. The maximum absolute atomic E-state index is 11.7. The van der Waals surface area contributed by atoms with Crippen molar-refractivity contribution >= 4 is 5.91 Å². The third kappa shape index (κ3) is 4.52. The summed E-state index contributed by atoms with van der Waals surface area (Å²) in [5.74, 6) is 0.720. The van der Waals surface area contributed by atoms with E-state index in [0.29, 0.717) is 5.92 Å². The van der Waals surface area contributed by atoms with Crippen molar-refractivity contribution in [1.29, 1.82) is 0 Å². The van der Waals surface area contributed by atoms with Crippen LogP contribution in [0.2, 0.25) is 0 Å². The minimum Gasteiger partial charge on any atom is -0.368 e. The van der Waals surface area contributed by atoms with E-state index in [4.69, 9.17) is 4.74 Å². The summed E-state index contributed by atoms with van der Waals surface area (Å²) >= 11 is 0. The zero-order valence-corrected chi connectivity index (χ0v) is 10.6. The molecule has 0 aliphatic carbocycles. The Morgan fingerprint density at radius 1 is 1.50 bits per heavy atom. The molecule has 94 valence electrons. The van der Waals surface area contributed by atoms with E-state index < -0.39 is 0 Å². The molecule has 16 heavy (non-hydrogen) atoms. The molecule has 0 aromatic heterocycles. The third-order valence-corrected chi connectivity index (χ3v) is 3.33. The van der Waals surface area contributed by atoms with E-state index in [1.165, 1.54) is 19.3 Å². The Morgan fingerprint density at radius 3 is 2.88 bits per heavy atom. The number of amides is 1. The molecule has 3 heteroatoms. The van der Waals surface area contributed by atoms with Gasteiger partial charge in [0.2, 0.25) is 5.91 Å². The second-order valence-corrected chi connectivity index (χ2v) is 4.66. The van der Waals surface area contributed by atoms with E-state index in [9.17, 15) is 4.79 Å².